The predicted octanol–water partition coefficient (Wildman–Crippen LogP) is 2.16. The molecule has 17 heavy (non-hydrogen) atoms. The molecule has 0 radical (unpaired) electrons. The molecule has 3 heterocycles. The molecule has 5 heteroatoms. The number of aromatic nitrogens is 1. The monoisotopic (exact) mass is 270 g/mol. The molecule has 0 saturated carbocycles. The largest absolute Gasteiger partial charge is 0.371 e. The Balaban J connectivity index is 1.48. The first-order valence-electron chi connectivity index (χ1n) is 6.00. The Morgan fingerprint density at radius 2 is 2.41 bits per heavy atom. The van der Waals surface area contributed by atoms with E-state index in [2.05, 4.69) is 34.1 Å². The van der Waals surface area contributed by atoms with Gasteiger partial charge in [-0.1, -0.05) is 0 Å². The summed E-state index contributed by atoms with van der Waals surface area (Å²) in [6, 6.07) is 0. The van der Waals surface area contributed by atoms with Crippen LogP contribution >= 0.6 is 23.1 Å². The highest BCUT2D eigenvalue weighted by Gasteiger charge is 2.47. The lowest BCUT2D eigenvalue weighted by molar-refractivity contribution is 0.0319. The van der Waals surface area contributed by atoms with E-state index in [1.54, 1.807) is 11.3 Å². The van der Waals surface area contributed by atoms with Crippen molar-refractivity contribution in [1.29, 1.82) is 0 Å². The quantitative estimate of drug-likeness (QED) is 0.840. The summed E-state index contributed by atoms with van der Waals surface area (Å²) < 4.78 is 6.48. The highest BCUT2D eigenvalue weighted by molar-refractivity contribution is 8.01. The van der Waals surface area contributed by atoms with Gasteiger partial charge in [-0.15, -0.1) is 23.1 Å². The Bertz CT molecular complexity index is 401. The normalized spacial score (nSPS) is 27.5. The van der Waals surface area contributed by atoms with Crippen LogP contribution in [0.5, 0.6) is 0 Å². The van der Waals surface area contributed by atoms with Gasteiger partial charge in [-0.3, -0.25) is 0 Å². The summed E-state index contributed by atoms with van der Waals surface area (Å²) >= 11 is 3.80. The number of ether oxygens (including phenoxy) is 1. The van der Waals surface area contributed by atoms with E-state index in [4.69, 9.17) is 4.74 Å². The molecule has 1 aromatic rings. The zero-order chi connectivity index (χ0) is 11.9. The Hall–Kier alpha value is -0.100. The fraction of sp³-hybridized carbons (Fsp3) is 0.750. The highest BCUT2D eigenvalue weighted by atomic mass is 32.2. The molecule has 0 unspecified atom stereocenters. The zero-order valence-corrected chi connectivity index (χ0v) is 11.9. The molecule has 3 rings (SSSR count). The number of nitrogens with zero attached hydrogens (tertiary/aromatic N) is 2. The van der Waals surface area contributed by atoms with Crippen molar-refractivity contribution in [2.75, 3.05) is 25.9 Å². The molecule has 1 aromatic heterocycles. The SMILES string of the molecule is Cc1nc(CO[C@H]2CSC3(C2)CN(C)C3)cs1. The molecule has 94 valence electrons. The van der Waals surface area contributed by atoms with Gasteiger partial charge in [0.25, 0.3) is 0 Å². The summed E-state index contributed by atoms with van der Waals surface area (Å²) in [5.41, 5.74) is 1.09. The number of rotatable bonds is 3. The highest BCUT2D eigenvalue weighted by Crippen LogP contribution is 2.45. The van der Waals surface area contributed by atoms with Gasteiger partial charge in [0.05, 0.1) is 23.4 Å². The van der Waals surface area contributed by atoms with Gasteiger partial charge in [-0.25, -0.2) is 4.98 Å². The smallest absolute Gasteiger partial charge is 0.0900 e. The molecule has 2 saturated heterocycles. The van der Waals surface area contributed by atoms with Crippen molar-refractivity contribution < 1.29 is 4.74 Å². The van der Waals surface area contributed by atoms with E-state index in [1.807, 2.05) is 6.92 Å². The molecule has 1 atom stereocenters. The molecule has 2 fully saturated rings. The summed E-state index contributed by atoms with van der Waals surface area (Å²) in [4.78, 5) is 6.82. The van der Waals surface area contributed by atoms with Gasteiger partial charge in [0.2, 0.25) is 0 Å². The number of thioether (sulfide) groups is 1. The fourth-order valence-corrected chi connectivity index (χ4v) is 5.02. The fourth-order valence-electron chi connectivity index (χ4n) is 2.75. The number of thiazole rings is 1. The molecule has 2 aliphatic rings. The summed E-state index contributed by atoms with van der Waals surface area (Å²) in [6.07, 6.45) is 1.64. The van der Waals surface area contributed by atoms with Gasteiger partial charge in [0, 0.05) is 29.0 Å². The lowest BCUT2D eigenvalue weighted by Crippen LogP contribution is -2.56. The van der Waals surface area contributed by atoms with Gasteiger partial charge in [-0.05, 0) is 20.4 Å². The van der Waals surface area contributed by atoms with E-state index in [0.717, 1.165) is 16.5 Å². The molecule has 0 aliphatic carbocycles. The zero-order valence-electron chi connectivity index (χ0n) is 10.3. The first kappa shape index (κ1) is 12.0. The van der Waals surface area contributed by atoms with E-state index < -0.39 is 0 Å². The maximum absolute atomic E-state index is 5.97. The van der Waals surface area contributed by atoms with Crippen molar-refractivity contribution in [3.8, 4) is 0 Å². The number of hydrogen-bond acceptors (Lipinski definition) is 5. The van der Waals surface area contributed by atoms with E-state index in [1.165, 1.54) is 19.5 Å². The summed E-state index contributed by atoms with van der Waals surface area (Å²) in [7, 11) is 2.19. The van der Waals surface area contributed by atoms with Crippen LogP contribution in [0.3, 0.4) is 0 Å². The van der Waals surface area contributed by atoms with Gasteiger partial charge in [0.1, 0.15) is 0 Å². The van der Waals surface area contributed by atoms with Crippen LogP contribution in [-0.2, 0) is 11.3 Å². The van der Waals surface area contributed by atoms with Gasteiger partial charge in [0.15, 0.2) is 0 Å². The molecule has 3 nitrogen and oxygen atoms in total. The lowest BCUT2D eigenvalue weighted by atomic mass is 9.94. The van der Waals surface area contributed by atoms with Crippen LogP contribution < -0.4 is 0 Å². The standard InChI is InChI=1S/C12H18N2OS2/c1-9-13-10(5-16-9)4-15-11-3-12(17-6-11)7-14(2)8-12/h5,11H,3-4,6-8H2,1-2H3/t11-/m1/s1. The van der Waals surface area contributed by atoms with Crippen molar-refractivity contribution >= 4 is 23.1 Å². The summed E-state index contributed by atoms with van der Waals surface area (Å²) in [6.45, 7) is 5.18. The Labute approximate surface area is 111 Å². The summed E-state index contributed by atoms with van der Waals surface area (Å²) in [5.74, 6) is 1.15. The lowest BCUT2D eigenvalue weighted by Gasteiger charge is -2.45. The third kappa shape index (κ3) is 2.52. The molecule has 2 aliphatic heterocycles. The van der Waals surface area contributed by atoms with Crippen LogP contribution in [-0.4, -0.2) is 46.6 Å². The average molecular weight is 270 g/mol. The molecule has 0 N–H and O–H groups in total. The maximum Gasteiger partial charge on any atom is 0.0900 e. The van der Waals surface area contributed by atoms with Gasteiger partial charge < -0.3 is 9.64 Å². The van der Waals surface area contributed by atoms with E-state index in [9.17, 15) is 0 Å². The second kappa shape index (κ2) is 4.53. The van der Waals surface area contributed by atoms with Crippen molar-refractivity contribution in [3.05, 3.63) is 16.1 Å². The van der Waals surface area contributed by atoms with Crippen molar-refractivity contribution in [2.24, 2.45) is 0 Å². The number of aryl methyl sites for hydroxylation is 1. The molecule has 0 bridgehead atoms. The average Bonchev–Trinajstić information content (AvgIpc) is 2.82. The Morgan fingerprint density at radius 3 is 3.06 bits per heavy atom. The molecule has 0 amide bonds. The van der Waals surface area contributed by atoms with Crippen molar-refractivity contribution in [1.82, 2.24) is 9.88 Å². The van der Waals surface area contributed by atoms with Crippen LogP contribution in [0.1, 0.15) is 17.1 Å². The van der Waals surface area contributed by atoms with E-state index in [0.29, 0.717) is 17.5 Å². The number of hydrogen-bond donors (Lipinski definition) is 0. The van der Waals surface area contributed by atoms with Crippen LogP contribution in [0, 0.1) is 6.92 Å². The first-order chi connectivity index (χ1) is 8.15. The Kier molecular flexibility index (Phi) is 3.19. The van der Waals surface area contributed by atoms with Gasteiger partial charge >= 0.3 is 0 Å². The van der Waals surface area contributed by atoms with Crippen LogP contribution in [0.15, 0.2) is 5.38 Å². The third-order valence-electron chi connectivity index (χ3n) is 3.42. The second-order valence-electron chi connectivity index (χ2n) is 5.16. The molecular weight excluding hydrogens is 252 g/mol. The predicted molar refractivity (Wildman–Crippen MR) is 72.7 cm³/mol. The van der Waals surface area contributed by atoms with Crippen LogP contribution in [0.25, 0.3) is 0 Å². The maximum atomic E-state index is 5.97. The van der Waals surface area contributed by atoms with Crippen molar-refractivity contribution in [2.45, 2.75) is 30.8 Å². The minimum absolute atomic E-state index is 0.427. The third-order valence-corrected chi connectivity index (χ3v) is 5.82. The first-order valence-corrected chi connectivity index (χ1v) is 7.87. The minimum atomic E-state index is 0.427. The molecule has 1 spiro atoms. The van der Waals surface area contributed by atoms with E-state index >= 15 is 0 Å². The number of likely N-dealkylation sites (tertiary alicyclic amines) is 1. The van der Waals surface area contributed by atoms with Crippen LogP contribution in [0.4, 0.5) is 0 Å². The topological polar surface area (TPSA) is 25.4 Å². The molecule has 0 aromatic carbocycles. The summed E-state index contributed by atoms with van der Waals surface area (Å²) in [5, 5.41) is 3.23. The second-order valence-corrected chi connectivity index (χ2v) is 7.71. The van der Waals surface area contributed by atoms with Gasteiger partial charge in [-0.2, -0.15) is 0 Å². The Morgan fingerprint density at radius 1 is 1.59 bits per heavy atom. The van der Waals surface area contributed by atoms with E-state index in [-0.39, 0.29) is 0 Å². The minimum Gasteiger partial charge on any atom is -0.371 e. The van der Waals surface area contributed by atoms with Crippen molar-refractivity contribution in [3.63, 3.8) is 0 Å². The van der Waals surface area contributed by atoms with Crippen LogP contribution in [0.2, 0.25) is 0 Å². The molecular formula is C12H18N2OS2.